The van der Waals surface area contributed by atoms with Gasteiger partial charge in [-0.1, -0.05) is 30.3 Å². The monoisotopic (exact) mass is 382 g/mol. The second-order valence-electron chi connectivity index (χ2n) is 7.05. The molecule has 148 valence electrons. The molecule has 0 bridgehead atoms. The maximum absolute atomic E-state index is 13.1. The molecule has 0 saturated carbocycles. The number of carbonyl (C=O) groups is 1. The Kier molecular flexibility index (Phi) is 5.36. The van der Waals surface area contributed by atoms with Gasteiger partial charge in [0, 0.05) is 5.92 Å². The van der Waals surface area contributed by atoms with Gasteiger partial charge in [0.05, 0.1) is 32.0 Å². The lowest BCUT2D eigenvalue weighted by molar-refractivity contribution is -0.131. The summed E-state index contributed by atoms with van der Waals surface area (Å²) < 4.78 is 10.9. The number of carbonyl (C=O) groups excluding carboxylic acids is 1. The van der Waals surface area contributed by atoms with E-state index < -0.39 is 6.29 Å². The van der Waals surface area contributed by atoms with Crippen LogP contribution in [-0.4, -0.2) is 39.1 Å². The average Bonchev–Trinajstić information content (AvgIpc) is 2.73. The van der Waals surface area contributed by atoms with E-state index in [0.717, 1.165) is 35.7 Å². The maximum Gasteiger partial charge on any atom is 0.229 e. The Balaban J connectivity index is 1.54. The van der Waals surface area contributed by atoms with Crippen LogP contribution in [0.15, 0.2) is 48.5 Å². The van der Waals surface area contributed by atoms with Crippen molar-refractivity contribution in [2.24, 2.45) is 5.92 Å². The lowest BCUT2D eigenvalue weighted by atomic mass is 9.77. The number of fused-ring (bicyclic) bond motifs is 1. The molecular weight excluding hydrogens is 356 g/mol. The van der Waals surface area contributed by atoms with Crippen LogP contribution in [0, 0.1) is 5.92 Å². The minimum atomic E-state index is -0.394. The number of nitrogens with one attached hydrogen (secondary N) is 4. The summed E-state index contributed by atoms with van der Waals surface area (Å²) in [6.45, 7) is 0.825. The molecule has 7 nitrogen and oxygen atoms in total. The number of benzene rings is 2. The fourth-order valence-electron chi connectivity index (χ4n) is 4.21. The van der Waals surface area contributed by atoms with Crippen molar-refractivity contribution >= 4 is 11.6 Å². The molecule has 0 aliphatic carbocycles. The van der Waals surface area contributed by atoms with Crippen molar-refractivity contribution in [3.63, 3.8) is 0 Å². The second kappa shape index (κ2) is 8.08. The highest BCUT2D eigenvalue weighted by atomic mass is 16.5. The van der Waals surface area contributed by atoms with Gasteiger partial charge in [0.2, 0.25) is 5.91 Å². The Bertz CT molecular complexity index is 844. The largest absolute Gasteiger partial charge is 0.496 e. The third kappa shape index (κ3) is 3.50. The summed E-state index contributed by atoms with van der Waals surface area (Å²) in [5, 5.41) is 13.3. The van der Waals surface area contributed by atoms with Crippen LogP contribution < -0.4 is 30.7 Å². The van der Waals surface area contributed by atoms with Crippen molar-refractivity contribution in [2.75, 3.05) is 26.1 Å². The third-order valence-electron chi connectivity index (χ3n) is 5.49. The van der Waals surface area contributed by atoms with E-state index in [1.807, 2.05) is 42.5 Å². The molecule has 4 N–H and O–H groups in total. The number of para-hydroxylation sites is 3. The number of amides is 1. The van der Waals surface area contributed by atoms with Gasteiger partial charge in [-0.2, -0.15) is 0 Å². The Hall–Kier alpha value is -2.77. The van der Waals surface area contributed by atoms with Gasteiger partial charge in [0.25, 0.3) is 0 Å². The predicted octanol–water partition coefficient (Wildman–Crippen LogP) is 1.84. The molecule has 0 radical (unpaired) electrons. The number of hydrogen-bond acceptors (Lipinski definition) is 6. The fourth-order valence-corrected chi connectivity index (χ4v) is 4.21. The molecule has 28 heavy (non-hydrogen) atoms. The molecule has 2 aromatic carbocycles. The first kappa shape index (κ1) is 18.6. The Labute approximate surface area is 164 Å². The van der Waals surface area contributed by atoms with Crippen molar-refractivity contribution < 1.29 is 14.3 Å². The first-order chi connectivity index (χ1) is 13.7. The van der Waals surface area contributed by atoms with Crippen molar-refractivity contribution in [1.82, 2.24) is 16.0 Å². The Morgan fingerprint density at radius 2 is 1.71 bits per heavy atom. The van der Waals surface area contributed by atoms with Crippen molar-refractivity contribution in [3.05, 3.63) is 54.1 Å². The summed E-state index contributed by atoms with van der Waals surface area (Å²) in [6, 6.07) is 15.6. The van der Waals surface area contributed by atoms with E-state index in [2.05, 4.69) is 27.3 Å². The number of ether oxygens (including phenoxy) is 2. The molecular formula is C21H26N4O3. The van der Waals surface area contributed by atoms with Crippen LogP contribution >= 0.6 is 0 Å². The minimum Gasteiger partial charge on any atom is -0.496 e. The van der Waals surface area contributed by atoms with Crippen LogP contribution in [0.3, 0.4) is 0 Å². The lowest BCUT2D eigenvalue weighted by Crippen LogP contribution is -2.70. The highest BCUT2D eigenvalue weighted by molar-refractivity contribution is 5.82. The van der Waals surface area contributed by atoms with Crippen molar-refractivity contribution in [1.29, 1.82) is 0 Å². The van der Waals surface area contributed by atoms with E-state index in [4.69, 9.17) is 9.47 Å². The van der Waals surface area contributed by atoms with Crippen LogP contribution in [0.25, 0.3) is 0 Å². The summed E-state index contributed by atoms with van der Waals surface area (Å²) >= 11 is 0. The molecule has 4 atom stereocenters. The van der Waals surface area contributed by atoms with Gasteiger partial charge in [0.15, 0.2) is 6.29 Å². The first-order valence-electron chi connectivity index (χ1n) is 9.53. The molecule has 0 spiro atoms. The molecule has 0 aromatic heterocycles. The lowest BCUT2D eigenvalue weighted by Gasteiger charge is -2.45. The van der Waals surface area contributed by atoms with Crippen LogP contribution in [0.2, 0.25) is 0 Å². The molecule has 7 heteroatoms. The van der Waals surface area contributed by atoms with Gasteiger partial charge in [-0.3, -0.25) is 10.1 Å². The quantitative estimate of drug-likeness (QED) is 0.632. The zero-order valence-corrected chi connectivity index (χ0v) is 16.1. The number of piperidine rings is 1. The van der Waals surface area contributed by atoms with E-state index in [9.17, 15) is 4.79 Å². The zero-order valence-electron chi connectivity index (χ0n) is 16.1. The maximum atomic E-state index is 13.1. The molecule has 4 rings (SSSR count). The minimum absolute atomic E-state index is 0.0132. The molecule has 2 saturated heterocycles. The Morgan fingerprint density at radius 1 is 1.00 bits per heavy atom. The SMILES string of the molecule is COc1ccccc1NC1NC(=O)C2C(NCCC2c2ccccc2OC)N1. The van der Waals surface area contributed by atoms with Gasteiger partial charge in [-0.15, -0.1) is 0 Å². The van der Waals surface area contributed by atoms with E-state index in [1.54, 1.807) is 14.2 Å². The number of anilines is 1. The summed E-state index contributed by atoms with van der Waals surface area (Å²) in [6.07, 6.45) is 0.347. The van der Waals surface area contributed by atoms with Crippen molar-refractivity contribution in [3.8, 4) is 11.5 Å². The number of hydrogen-bond donors (Lipinski definition) is 4. The van der Waals surface area contributed by atoms with Gasteiger partial charge in [0.1, 0.15) is 11.5 Å². The third-order valence-corrected chi connectivity index (χ3v) is 5.49. The highest BCUT2D eigenvalue weighted by Gasteiger charge is 2.44. The van der Waals surface area contributed by atoms with Gasteiger partial charge in [-0.25, -0.2) is 0 Å². The summed E-state index contributed by atoms with van der Waals surface area (Å²) in [7, 11) is 3.30. The first-order valence-corrected chi connectivity index (χ1v) is 9.53. The van der Waals surface area contributed by atoms with Crippen LogP contribution in [-0.2, 0) is 4.79 Å². The van der Waals surface area contributed by atoms with Crippen LogP contribution in [0.4, 0.5) is 5.69 Å². The number of methoxy groups -OCH3 is 2. The van der Waals surface area contributed by atoms with Gasteiger partial charge < -0.3 is 25.4 Å². The fraction of sp³-hybridized carbons (Fsp3) is 0.381. The topological polar surface area (TPSA) is 83.7 Å². The predicted molar refractivity (Wildman–Crippen MR) is 107 cm³/mol. The summed E-state index contributed by atoms with van der Waals surface area (Å²) in [5.74, 6) is 1.43. The molecule has 2 aliphatic heterocycles. The molecule has 4 unspecified atom stereocenters. The van der Waals surface area contributed by atoms with Gasteiger partial charge in [-0.05, 0) is 36.7 Å². The molecule has 2 aliphatic rings. The zero-order chi connectivity index (χ0) is 19.5. The highest BCUT2D eigenvalue weighted by Crippen LogP contribution is 2.38. The van der Waals surface area contributed by atoms with E-state index in [0.29, 0.717) is 0 Å². The molecule has 1 amide bonds. The standard InChI is InChI=1S/C21H26N4O3/c1-27-16-9-5-3-7-13(16)14-11-12-22-19-18(14)20(26)25-21(24-19)23-15-8-4-6-10-17(15)28-2/h3-10,14,18-19,21-24H,11-12H2,1-2H3,(H,25,26). The molecule has 2 fully saturated rings. The van der Waals surface area contributed by atoms with Crippen LogP contribution in [0.1, 0.15) is 17.9 Å². The average molecular weight is 382 g/mol. The van der Waals surface area contributed by atoms with E-state index in [-0.39, 0.29) is 23.9 Å². The van der Waals surface area contributed by atoms with E-state index in [1.165, 1.54) is 0 Å². The van der Waals surface area contributed by atoms with Crippen molar-refractivity contribution in [2.45, 2.75) is 24.8 Å². The molecule has 2 aromatic rings. The second-order valence-corrected chi connectivity index (χ2v) is 7.05. The Morgan fingerprint density at radius 3 is 2.50 bits per heavy atom. The smallest absolute Gasteiger partial charge is 0.229 e. The van der Waals surface area contributed by atoms with Gasteiger partial charge >= 0.3 is 0 Å². The normalized spacial score (nSPS) is 26.7. The van der Waals surface area contributed by atoms with Crippen LogP contribution in [0.5, 0.6) is 11.5 Å². The molecule has 2 heterocycles. The number of rotatable bonds is 5. The summed E-state index contributed by atoms with van der Waals surface area (Å²) in [5.41, 5.74) is 1.90. The van der Waals surface area contributed by atoms with E-state index >= 15 is 0 Å². The summed E-state index contributed by atoms with van der Waals surface area (Å²) in [4.78, 5) is 13.1.